The number of carbonyl (C=O) groups is 1. The fourth-order valence-corrected chi connectivity index (χ4v) is 3.08. The standard InChI is InChI=1S/C13H12BrNOS/c1-15(9-10-5-3-2-4-6-10)13(16)12-11(14)7-8-17-12/h2-8H,9H2,1H3. The first-order valence-corrected chi connectivity index (χ1v) is 6.88. The van der Waals surface area contributed by atoms with E-state index in [4.69, 9.17) is 0 Å². The summed E-state index contributed by atoms with van der Waals surface area (Å²) in [5, 5.41) is 1.91. The number of halogens is 1. The number of nitrogens with zero attached hydrogens (tertiary/aromatic N) is 1. The minimum absolute atomic E-state index is 0.0516. The molecule has 1 aromatic carbocycles. The van der Waals surface area contributed by atoms with Gasteiger partial charge in [-0.3, -0.25) is 4.79 Å². The van der Waals surface area contributed by atoms with Crippen LogP contribution in [-0.4, -0.2) is 17.9 Å². The normalized spacial score (nSPS) is 10.2. The molecule has 0 unspecified atom stereocenters. The third-order valence-electron chi connectivity index (χ3n) is 2.42. The number of hydrogen-bond donors (Lipinski definition) is 0. The second kappa shape index (κ2) is 5.47. The average Bonchev–Trinajstić information content (AvgIpc) is 2.76. The maximum absolute atomic E-state index is 12.1. The van der Waals surface area contributed by atoms with Crippen LogP contribution in [-0.2, 0) is 6.54 Å². The van der Waals surface area contributed by atoms with Gasteiger partial charge in [0, 0.05) is 18.1 Å². The van der Waals surface area contributed by atoms with Crippen LogP contribution in [0.4, 0.5) is 0 Å². The van der Waals surface area contributed by atoms with Crippen molar-refractivity contribution in [2.24, 2.45) is 0 Å². The lowest BCUT2D eigenvalue weighted by molar-refractivity contribution is 0.0789. The fourth-order valence-electron chi connectivity index (χ4n) is 1.55. The molecule has 1 amide bonds. The molecule has 2 aromatic rings. The van der Waals surface area contributed by atoms with E-state index in [0.29, 0.717) is 6.54 Å². The third-order valence-corrected chi connectivity index (χ3v) is 4.25. The minimum Gasteiger partial charge on any atom is -0.337 e. The largest absolute Gasteiger partial charge is 0.337 e. The number of thiophene rings is 1. The Labute approximate surface area is 113 Å². The van der Waals surface area contributed by atoms with Crippen LogP contribution in [0.25, 0.3) is 0 Å². The van der Waals surface area contributed by atoms with Gasteiger partial charge in [0.05, 0.1) is 0 Å². The Hall–Kier alpha value is -1.13. The van der Waals surface area contributed by atoms with Crippen molar-refractivity contribution in [1.29, 1.82) is 0 Å². The highest BCUT2D eigenvalue weighted by molar-refractivity contribution is 9.10. The van der Waals surface area contributed by atoms with E-state index in [-0.39, 0.29) is 5.91 Å². The van der Waals surface area contributed by atoms with E-state index in [9.17, 15) is 4.79 Å². The summed E-state index contributed by atoms with van der Waals surface area (Å²) in [5.74, 6) is 0.0516. The van der Waals surface area contributed by atoms with Gasteiger partial charge in [0.1, 0.15) is 4.88 Å². The Morgan fingerprint density at radius 1 is 1.29 bits per heavy atom. The van der Waals surface area contributed by atoms with Crippen molar-refractivity contribution >= 4 is 33.2 Å². The number of benzene rings is 1. The SMILES string of the molecule is CN(Cc1ccccc1)C(=O)c1sccc1Br. The Morgan fingerprint density at radius 2 is 2.00 bits per heavy atom. The average molecular weight is 310 g/mol. The van der Waals surface area contributed by atoms with Gasteiger partial charge in [0.2, 0.25) is 0 Å². The van der Waals surface area contributed by atoms with Crippen molar-refractivity contribution in [2.45, 2.75) is 6.54 Å². The zero-order chi connectivity index (χ0) is 12.3. The monoisotopic (exact) mass is 309 g/mol. The van der Waals surface area contributed by atoms with Crippen molar-refractivity contribution in [2.75, 3.05) is 7.05 Å². The van der Waals surface area contributed by atoms with Crippen LogP contribution < -0.4 is 0 Å². The lowest BCUT2D eigenvalue weighted by Gasteiger charge is -2.16. The molecule has 17 heavy (non-hydrogen) atoms. The predicted octanol–water partition coefficient (Wildman–Crippen LogP) is 3.78. The van der Waals surface area contributed by atoms with E-state index in [1.807, 2.05) is 48.8 Å². The number of rotatable bonds is 3. The van der Waals surface area contributed by atoms with Crippen LogP contribution in [0, 0.1) is 0 Å². The van der Waals surface area contributed by atoms with Crippen molar-refractivity contribution in [3.63, 3.8) is 0 Å². The summed E-state index contributed by atoms with van der Waals surface area (Å²) >= 11 is 4.84. The van der Waals surface area contributed by atoms with Gasteiger partial charge in [-0.25, -0.2) is 0 Å². The lowest BCUT2D eigenvalue weighted by atomic mass is 10.2. The smallest absolute Gasteiger partial charge is 0.265 e. The van der Waals surface area contributed by atoms with Crippen LogP contribution in [0.2, 0.25) is 0 Å². The number of carbonyl (C=O) groups excluding carboxylic acids is 1. The highest BCUT2D eigenvalue weighted by Gasteiger charge is 2.16. The number of hydrogen-bond acceptors (Lipinski definition) is 2. The van der Waals surface area contributed by atoms with Crippen LogP contribution >= 0.6 is 27.3 Å². The molecule has 0 radical (unpaired) electrons. The number of amides is 1. The molecule has 1 heterocycles. The molecule has 4 heteroatoms. The van der Waals surface area contributed by atoms with Gasteiger partial charge < -0.3 is 4.90 Å². The molecule has 0 spiro atoms. The molecule has 0 saturated heterocycles. The van der Waals surface area contributed by atoms with Gasteiger partial charge in [0.15, 0.2) is 0 Å². The molecular weight excluding hydrogens is 298 g/mol. The summed E-state index contributed by atoms with van der Waals surface area (Å²) in [5.41, 5.74) is 1.14. The fraction of sp³-hybridized carbons (Fsp3) is 0.154. The molecule has 2 rings (SSSR count). The Morgan fingerprint density at radius 3 is 2.59 bits per heavy atom. The summed E-state index contributed by atoms with van der Waals surface area (Å²) in [4.78, 5) is 14.6. The first-order valence-electron chi connectivity index (χ1n) is 5.21. The van der Waals surface area contributed by atoms with E-state index < -0.39 is 0 Å². The molecule has 2 nitrogen and oxygen atoms in total. The van der Waals surface area contributed by atoms with Gasteiger partial charge in [-0.15, -0.1) is 11.3 Å². The molecule has 0 atom stereocenters. The van der Waals surface area contributed by atoms with Gasteiger partial charge in [-0.05, 0) is 32.9 Å². The summed E-state index contributed by atoms with van der Waals surface area (Å²) < 4.78 is 0.868. The van der Waals surface area contributed by atoms with E-state index in [1.54, 1.807) is 4.90 Å². The quantitative estimate of drug-likeness (QED) is 0.845. The Kier molecular flexibility index (Phi) is 3.97. The molecule has 0 bridgehead atoms. The molecular formula is C13H12BrNOS. The second-order valence-electron chi connectivity index (χ2n) is 3.74. The third kappa shape index (κ3) is 2.96. The summed E-state index contributed by atoms with van der Waals surface area (Å²) in [6.07, 6.45) is 0. The van der Waals surface area contributed by atoms with E-state index >= 15 is 0 Å². The van der Waals surface area contributed by atoms with Crippen LogP contribution in [0.3, 0.4) is 0 Å². The van der Waals surface area contributed by atoms with Crippen LogP contribution in [0.15, 0.2) is 46.3 Å². The van der Waals surface area contributed by atoms with Crippen molar-refractivity contribution in [3.8, 4) is 0 Å². The van der Waals surface area contributed by atoms with Crippen LogP contribution in [0.1, 0.15) is 15.2 Å². The molecule has 1 aromatic heterocycles. The summed E-state index contributed by atoms with van der Waals surface area (Å²) in [6, 6.07) is 11.9. The Balaban J connectivity index is 2.09. The molecule has 0 saturated carbocycles. The predicted molar refractivity (Wildman–Crippen MR) is 74.3 cm³/mol. The molecule has 0 fully saturated rings. The highest BCUT2D eigenvalue weighted by Crippen LogP contribution is 2.24. The van der Waals surface area contributed by atoms with Gasteiger partial charge in [0.25, 0.3) is 5.91 Å². The molecule has 0 aliphatic carbocycles. The first kappa shape index (κ1) is 12.3. The highest BCUT2D eigenvalue weighted by atomic mass is 79.9. The van der Waals surface area contributed by atoms with Crippen molar-refractivity contribution in [1.82, 2.24) is 4.90 Å². The van der Waals surface area contributed by atoms with Gasteiger partial charge >= 0.3 is 0 Å². The maximum atomic E-state index is 12.1. The molecule has 0 aliphatic rings. The van der Waals surface area contributed by atoms with Crippen LogP contribution in [0.5, 0.6) is 0 Å². The van der Waals surface area contributed by atoms with Gasteiger partial charge in [-0.1, -0.05) is 30.3 Å². The molecule has 88 valence electrons. The molecule has 0 aliphatic heterocycles. The summed E-state index contributed by atoms with van der Waals surface area (Å²) in [6.45, 7) is 0.629. The van der Waals surface area contributed by atoms with E-state index in [1.165, 1.54) is 11.3 Å². The van der Waals surface area contributed by atoms with Crippen molar-refractivity contribution in [3.05, 3.63) is 56.7 Å². The maximum Gasteiger partial charge on any atom is 0.265 e. The lowest BCUT2D eigenvalue weighted by Crippen LogP contribution is -2.25. The van der Waals surface area contributed by atoms with Gasteiger partial charge in [-0.2, -0.15) is 0 Å². The Bertz CT molecular complexity index is 509. The zero-order valence-electron chi connectivity index (χ0n) is 9.39. The van der Waals surface area contributed by atoms with E-state index in [2.05, 4.69) is 15.9 Å². The summed E-state index contributed by atoms with van der Waals surface area (Å²) in [7, 11) is 1.82. The molecule has 0 N–H and O–H groups in total. The zero-order valence-corrected chi connectivity index (χ0v) is 11.8. The first-order chi connectivity index (χ1) is 8.18. The second-order valence-corrected chi connectivity index (χ2v) is 5.51. The minimum atomic E-state index is 0.0516. The van der Waals surface area contributed by atoms with Crippen molar-refractivity contribution < 1.29 is 4.79 Å². The van der Waals surface area contributed by atoms with E-state index in [0.717, 1.165) is 14.9 Å². The topological polar surface area (TPSA) is 20.3 Å².